The molecule has 2 nitrogen and oxygen atoms in total. The van der Waals surface area contributed by atoms with E-state index >= 15 is 0 Å². The van der Waals surface area contributed by atoms with Gasteiger partial charge in [0.2, 0.25) is 0 Å². The van der Waals surface area contributed by atoms with Gasteiger partial charge in [-0.3, -0.25) is 0 Å². The third-order valence-corrected chi connectivity index (χ3v) is 2.59. The molecule has 0 heterocycles. The van der Waals surface area contributed by atoms with E-state index in [1.807, 2.05) is 6.08 Å². The van der Waals surface area contributed by atoms with Crippen LogP contribution in [0, 0.1) is 0 Å². The first-order valence-corrected chi connectivity index (χ1v) is 6.06. The van der Waals surface area contributed by atoms with Gasteiger partial charge >= 0.3 is 98.4 Å². The quantitative estimate of drug-likeness (QED) is 0.368. The number of allylic oxidation sites excluding steroid dienone is 1. The molecule has 0 radical (unpaired) electrons. The summed E-state index contributed by atoms with van der Waals surface area (Å²) in [6.07, 6.45) is 10.8. The first kappa shape index (κ1) is 13.9. The van der Waals surface area contributed by atoms with E-state index in [-0.39, 0.29) is 5.97 Å². The number of hydrogen-bond donors (Lipinski definition) is 0. The van der Waals surface area contributed by atoms with Crippen LogP contribution in [0.15, 0.2) is 12.7 Å². The summed E-state index contributed by atoms with van der Waals surface area (Å²) >= 11 is 1.38. The van der Waals surface area contributed by atoms with E-state index in [1.54, 1.807) is 0 Å². The van der Waals surface area contributed by atoms with Gasteiger partial charge in [0.05, 0.1) is 0 Å². The molecule has 0 saturated heterocycles. The molecule has 0 N–H and O–H groups in total. The van der Waals surface area contributed by atoms with Gasteiger partial charge < -0.3 is 0 Å². The molecule has 0 amide bonds. The molecular weight excluding hydrogens is 260 g/mol. The van der Waals surface area contributed by atoms with Crippen molar-refractivity contribution in [2.75, 3.05) is 0 Å². The van der Waals surface area contributed by atoms with Crippen molar-refractivity contribution in [3.63, 3.8) is 0 Å². The molecule has 0 rings (SSSR count). The zero-order chi connectivity index (χ0) is 10.6. The fraction of sp³-hybridized carbons (Fsp3) is 0.727. The summed E-state index contributed by atoms with van der Waals surface area (Å²) in [7, 11) is 0. The van der Waals surface area contributed by atoms with E-state index in [1.165, 1.54) is 45.9 Å². The van der Waals surface area contributed by atoms with Crippen molar-refractivity contribution in [2.45, 2.75) is 51.4 Å². The van der Waals surface area contributed by atoms with Crippen LogP contribution >= 0.6 is 0 Å². The predicted molar refractivity (Wildman–Crippen MR) is 53.2 cm³/mol. The average Bonchev–Trinajstić information content (AvgIpc) is 2.21. The van der Waals surface area contributed by atoms with Gasteiger partial charge in [-0.1, -0.05) is 0 Å². The van der Waals surface area contributed by atoms with Crippen molar-refractivity contribution in [2.24, 2.45) is 0 Å². The van der Waals surface area contributed by atoms with Crippen LogP contribution < -0.4 is 0 Å². The van der Waals surface area contributed by atoms with Gasteiger partial charge in [0.15, 0.2) is 0 Å². The maximum atomic E-state index is 10.8. The van der Waals surface area contributed by atoms with Crippen LogP contribution in [-0.2, 0) is 28.4 Å². The number of hydrogen-bond acceptors (Lipinski definition) is 2. The second-order valence-corrected chi connectivity index (χ2v) is 3.81. The van der Waals surface area contributed by atoms with Gasteiger partial charge in [-0.15, -0.1) is 0 Å². The second-order valence-electron chi connectivity index (χ2n) is 3.40. The number of unbranched alkanes of at least 4 members (excludes halogenated alkanes) is 6. The summed E-state index contributed by atoms with van der Waals surface area (Å²) in [5.74, 6) is -0.0820. The molecule has 0 atom stereocenters. The van der Waals surface area contributed by atoms with Crippen molar-refractivity contribution in [1.29, 1.82) is 0 Å². The number of carbonyl (C=O) groups is 1. The molecule has 0 aliphatic heterocycles. The summed E-state index contributed by atoms with van der Waals surface area (Å²) in [6, 6.07) is 0. The Labute approximate surface area is 98.5 Å². The Kier molecular flexibility index (Phi) is 10.9. The molecule has 0 aliphatic rings. The third kappa shape index (κ3) is 9.98. The summed E-state index contributed by atoms with van der Waals surface area (Å²) in [5.41, 5.74) is 0. The van der Waals surface area contributed by atoms with Crippen LogP contribution in [0.1, 0.15) is 51.4 Å². The van der Waals surface area contributed by atoms with Gasteiger partial charge in [-0.2, -0.15) is 0 Å². The molecule has 0 aromatic heterocycles. The molecule has 0 fully saturated rings. The maximum absolute atomic E-state index is 10.8. The Hall–Kier alpha value is -0.102. The first-order chi connectivity index (χ1) is 6.81. The van der Waals surface area contributed by atoms with Crippen LogP contribution in [0.5, 0.6) is 0 Å². The van der Waals surface area contributed by atoms with Crippen LogP contribution in [-0.4, -0.2) is 5.97 Å². The van der Waals surface area contributed by atoms with E-state index in [4.69, 9.17) is 0 Å². The summed E-state index contributed by atoms with van der Waals surface area (Å²) < 4.78 is 4.57. The molecule has 0 bridgehead atoms. The summed E-state index contributed by atoms with van der Waals surface area (Å²) in [5, 5.41) is 0. The van der Waals surface area contributed by atoms with Crippen molar-refractivity contribution in [3.8, 4) is 0 Å². The molecule has 0 aromatic rings. The van der Waals surface area contributed by atoms with E-state index in [9.17, 15) is 4.79 Å². The molecule has 0 unspecified atom stereocenters. The molecule has 0 aliphatic carbocycles. The van der Waals surface area contributed by atoms with Gasteiger partial charge in [-0.25, -0.2) is 0 Å². The van der Waals surface area contributed by atoms with Crippen LogP contribution in [0.25, 0.3) is 0 Å². The van der Waals surface area contributed by atoms with Crippen LogP contribution in [0.2, 0.25) is 0 Å². The average molecular weight is 279 g/mol. The van der Waals surface area contributed by atoms with Gasteiger partial charge in [0.25, 0.3) is 0 Å². The minimum absolute atomic E-state index is 0.0820. The molecule has 0 aromatic carbocycles. The molecule has 14 heavy (non-hydrogen) atoms. The van der Waals surface area contributed by atoms with Crippen molar-refractivity contribution < 1.29 is 28.4 Å². The Morgan fingerprint density at radius 3 is 2.29 bits per heavy atom. The topological polar surface area (TPSA) is 26.3 Å². The Bertz CT molecular complexity index is 157. The standard InChI is InChI=1S/C11H20O2.Mo/c1-2-3-4-5-6-7-8-9-10-11(12)13;/h2H,1,3-10H2,(H,12,13);/q;+1/p-1. The molecule has 3 heteroatoms. The summed E-state index contributed by atoms with van der Waals surface area (Å²) in [4.78, 5) is 10.8. The normalized spacial score (nSPS) is 9.71. The van der Waals surface area contributed by atoms with E-state index in [2.05, 4.69) is 9.97 Å². The summed E-state index contributed by atoms with van der Waals surface area (Å²) in [6.45, 7) is 3.69. The monoisotopic (exact) mass is 281 g/mol. The predicted octanol–water partition coefficient (Wildman–Crippen LogP) is 3.30. The van der Waals surface area contributed by atoms with Crippen molar-refractivity contribution in [1.82, 2.24) is 0 Å². The Balaban J connectivity index is 2.98. The zero-order valence-corrected chi connectivity index (χ0v) is 10.7. The van der Waals surface area contributed by atoms with Crippen molar-refractivity contribution in [3.05, 3.63) is 12.7 Å². The first-order valence-electron chi connectivity index (χ1n) is 5.24. The SMILES string of the molecule is C=CCCCCCCCCC(=O)[O][Mo]. The molecule has 81 valence electrons. The number of carbonyl (C=O) groups excluding carboxylic acids is 1. The zero-order valence-electron chi connectivity index (χ0n) is 8.67. The van der Waals surface area contributed by atoms with Gasteiger partial charge in [0.1, 0.15) is 0 Å². The fourth-order valence-electron chi connectivity index (χ4n) is 1.31. The molecular formula is C11H19MoO2. The van der Waals surface area contributed by atoms with E-state index < -0.39 is 0 Å². The second kappa shape index (κ2) is 11.0. The van der Waals surface area contributed by atoms with Gasteiger partial charge in [-0.05, 0) is 0 Å². The van der Waals surface area contributed by atoms with Crippen LogP contribution in [0.3, 0.4) is 0 Å². The Morgan fingerprint density at radius 2 is 1.71 bits per heavy atom. The van der Waals surface area contributed by atoms with Crippen molar-refractivity contribution >= 4 is 5.97 Å². The van der Waals surface area contributed by atoms with Gasteiger partial charge in [0, 0.05) is 0 Å². The molecule has 0 saturated carbocycles. The van der Waals surface area contributed by atoms with E-state index in [0.29, 0.717) is 6.42 Å². The van der Waals surface area contributed by atoms with E-state index in [0.717, 1.165) is 19.3 Å². The fourth-order valence-corrected chi connectivity index (χ4v) is 1.51. The Morgan fingerprint density at radius 1 is 1.14 bits per heavy atom. The molecule has 0 spiro atoms. The number of rotatable bonds is 9. The van der Waals surface area contributed by atoms with Crippen LogP contribution in [0.4, 0.5) is 0 Å². The minimum atomic E-state index is -0.0820. The third-order valence-electron chi connectivity index (χ3n) is 2.13.